The average molecular weight is 575 g/mol. The van der Waals surface area contributed by atoms with Gasteiger partial charge in [0, 0.05) is 19.6 Å². The Morgan fingerprint density at radius 3 is 2.08 bits per heavy atom. The highest BCUT2D eigenvalue weighted by atomic mass is 19.4. The standard InChI is InChI=1S/C28H29F7N2O3/c1-19(21-16-22(27(30,31)32)18-23(17-21)28(33,34)35)40-26-25(20-4-6-24(29)7-5-20)37(12-15-39-26)9-3-2-8-36-10-13-38-14-11-36/h4-7,16-19,25-26H,8-15H2,1H3/t19-,25+,26-/m1/s1. The lowest BCUT2D eigenvalue weighted by Crippen LogP contribution is -2.47. The number of nitrogens with zero attached hydrogens (tertiary/aromatic N) is 2. The lowest BCUT2D eigenvalue weighted by atomic mass is 10.0. The third-order valence-corrected chi connectivity index (χ3v) is 6.75. The SMILES string of the molecule is C[C@@H](O[C@H]1OCCN(CC#CCN2CCOCC2)[C@H]1c1ccc(F)cc1)c1cc(C(F)(F)F)cc(C(F)(F)F)c1. The molecule has 0 amide bonds. The Balaban J connectivity index is 1.57. The Morgan fingerprint density at radius 2 is 1.48 bits per heavy atom. The highest BCUT2D eigenvalue weighted by Crippen LogP contribution is 2.39. The van der Waals surface area contributed by atoms with E-state index in [1.807, 2.05) is 4.90 Å². The van der Waals surface area contributed by atoms with Crippen LogP contribution in [0, 0.1) is 17.7 Å². The van der Waals surface area contributed by atoms with Crippen LogP contribution < -0.4 is 0 Å². The fraction of sp³-hybridized carbons (Fsp3) is 0.500. The number of morpholine rings is 2. The van der Waals surface area contributed by atoms with Gasteiger partial charge in [0.2, 0.25) is 0 Å². The van der Waals surface area contributed by atoms with Crippen molar-refractivity contribution in [2.24, 2.45) is 0 Å². The minimum atomic E-state index is -4.98. The lowest BCUT2D eigenvalue weighted by Gasteiger charge is -2.41. The van der Waals surface area contributed by atoms with Crippen molar-refractivity contribution >= 4 is 0 Å². The molecule has 2 heterocycles. The molecule has 2 saturated heterocycles. The Kier molecular flexibility index (Phi) is 9.74. The van der Waals surface area contributed by atoms with Crippen molar-refractivity contribution in [2.75, 3.05) is 52.5 Å². The zero-order chi connectivity index (χ0) is 28.9. The van der Waals surface area contributed by atoms with Gasteiger partial charge in [-0.2, -0.15) is 26.3 Å². The van der Waals surface area contributed by atoms with E-state index in [4.69, 9.17) is 14.2 Å². The summed E-state index contributed by atoms with van der Waals surface area (Å²) in [5.74, 6) is 5.79. The molecule has 12 heteroatoms. The molecule has 2 aliphatic heterocycles. The molecule has 0 bridgehead atoms. The van der Waals surface area contributed by atoms with Gasteiger partial charge >= 0.3 is 12.4 Å². The highest BCUT2D eigenvalue weighted by molar-refractivity contribution is 5.35. The molecule has 0 saturated carbocycles. The van der Waals surface area contributed by atoms with Crippen molar-refractivity contribution < 1.29 is 44.9 Å². The molecular weight excluding hydrogens is 545 g/mol. The molecule has 0 spiro atoms. The summed E-state index contributed by atoms with van der Waals surface area (Å²) < 4.78 is 111. The van der Waals surface area contributed by atoms with E-state index in [-0.39, 0.29) is 18.2 Å². The Hall–Kier alpha value is -2.69. The first kappa shape index (κ1) is 30.3. The zero-order valence-electron chi connectivity index (χ0n) is 21.7. The number of hydrogen-bond donors (Lipinski definition) is 0. The molecule has 0 N–H and O–H groups in total. The minimum absolute atomic E-state index is 0.0754. The molecule has 40 heavy (non-hydrogen) atoms. The minimum Gasteiger partial charge on any atom is -0.379 e. The Labute approximate surface area is 227 Å². The second-order valence-electron chi connectivity index (χ2n) is 9.57. The summed E-state index contributed by atoms with van der Waals surface area (Å²) >= 11 is 0. The smallest absolute Gasteiger partial charge is 0.379 e. The molecule has 5 nitrogen and oxygen atoms in total. The van der Waals surface area contributed by atoms with Crippen LogP contribution in [0.25, 0.3) is 0 Å². The molecule has 0 aliphatic carbocycles. The predicted octanol–water partition coefficient (Wildman–Crippen LogP) is 5.68. The first-order valence-corrected chi connectivity index (χ1v) is 12.7. The second-order valence-corrected chi connectivity index (χ2v) is 9.57. The van der Waals surface area contributed by atoms with Crippen molar-refractivity contribution in [1.29, 1.82) is 0 Å². The second kappa shape index (κ2) is 12.9. The van der Waals surface area contributed by atoms with E-state index in [1.54, 1.807) is 0 Å². The summed E-state index contributed by atoms with van der Waals surface area (Å²) in [5.41, 5.74) is -2.55. The number of halogens is 7. The molecule has 0 unspecified atom stereocenters. The number of benzene rings is 2. The van der Waals surface area contributed by atoms with Gasteiger partial charge in [-0.25, -0.2) is 4.39 Å². The van der Waals surface area contributed by atoms with Crippen LogP contribution in [0.4, 0.5) is 30.7 Å². The van der Waals surface area contributed by atoms with E-state index in [1.165, 1.54) is 31.2 Å². The van der Waals surface area contributed by atoms with Crippen LogP contribution in [-0.2, 0) is 26.6 Å². The number of hydrogen-bond acceptors (Lipinski definition) is 5. The van der Waals surface area contributed by atoms with Crippen LogP contribution in [0.1, 0.15) is 41.3 Å². The average Bonchev–Trinajstić information content (AvgIpc) is 2.91. The monoisotopic (exact) mass is 574 g/mol. The molecule has 3 atom stereocenters. The summed E-state index contributed by atoms with van der Waals surface area (Å²) in [6, 6.07) is 6.32. The maximum atomic E-state index is 13.7. The molecule has 4 rings (SSSR count). The third kappa shape index (κ3) is 7.95. The van der Waals surface area contributed by atoms with Gasteiger partial charge in [0.1, 0.15) is 5.82 Å². The van der Waals surface area contributed by atoms with E-state index in [2.05, 4.69) is 16.7 Å². The van der Waals surface area contributed by atoms with Gasteiger partial charge in [0.25, 0.3) is 0 Å². The van der Waals surface area contributed by atoms with Crippen LogP contribution >= 0.6 is 0 Å². The van der Waals surface area contributed by atoms with Crippen LogP contribution in [0.5, 0.6) is 0 Å². The lowest BCUT2D eigenvalue weighted by molar-refractivity contribution is -0.228. The Bertz CT molecular complexity index is 1150. The van der Waals surface area contributed by atoms with E-state index < -0.39 is 47.7 Å². The molecule has 218 valence electrons. The highest BCUT2D eigenvalue weighted by Gasteiger charge is 2.39. The summed E-state index contributed by atoms with van der Waals surface area (Å²) in [4.78, 5) is 4.10. The van der Waals surface area contributed by atoms with Crippen molar-refractivity contribution in [1.82, 2.24) is 9.80 Å². The van der Waals surface area contributed by atoms with Gasteiger partial charge in [0.15, 0.2) is 6.29 Å². The summed E-state index contributed by atoms with van der Waals surface area (Å²) in [6.07, 6.45) is -12.2. The third-order valence-electron chi connectivity index (χ3n) is 6.75. The van der Waals surface area contributed by atoms with Crippen LogP contribution in [-0.4, -0.2) is 68.6 Å². The van der Waals surface area contributed by atoms with Crippen LogP contribution in [0.2, 0.25) is 0 Å². The molecule has 0 aromatic heterocycles. The van der Waals surface area contributed by atoms with Crippen molar-refractivity contribution in [3.8, 4) is 11.8 Å². The maximum Gasteiger partial charge on any atom is 0.416 e. The van der Waals surface area contributed by atoms with Gasteiger partial charge in [-0.3, -0.25) is 9.80 Å². The maximum absolute atomic E-state index is 13.7. The molecule has 0 radical (unpaired) electrons. The number of rotatable bonds is 6. The number of alkyl halides is 6. The van der Waals surface area contributed by atoms with Crippen molar-refractivity contribution in [3.05, 3.63) is 70.5 Å². The van der Waals surface area contributed by atoms with Gasteiger partial charge in [0.05, 0.1) is 56.2 Å². The van der Waals surface area contributed by atoms with Crippen molar-refractivity contribution in [3.63, 3.8) is 0 Å². The summed E-state index contributed by atoms with van der Waals surface area (Å²) in [7, 11) is 0. The quantitative estimate of drug-likeness (QED) is 0.328. The first-order valence-electron chi connectivity index (χ1n) is 12.7. The molecular formula is C28H29F7N2O3. The van der Waals surface area contributed by atoms with Gasteiger partial charge in [-0.1, -0.05) is 24.0 Å². The largest absolute Gasteiger partial charge is 0.416 e. The topological polar surface area (TPSA) is 34.2 Å². The molecule has 2 aliphatic rings. The zero-order valence-corrected chi connectivity index (χ0v) is 21.7. The first-order chi connectivity index (χ1) is 18.9. The van der Waals surface area contributed by atoms with Gasteiger partial charge in [-0.05, 0) is 48.4 Å². The van der Waals surface area contributed by atoms with E-state index in [0.29, 0.717) is 50.5 Å². The molecule has 2 aromatic carbocycles. The van der Waals surface area contributed by atoms with E-state index in [0.717, 1.165) is 13.1 Å². The normalized spacial score (nSPS) is 22.0. The van der Waals surface area contributed by atoms with Crippen molar-refractivity contribution in [2.45, 2.75) is 37.7 Å². The predicted molar refractivity (Wildman–Crippen MR) is 131 cm³/mol. The van der Waals surface area contributed by atoms with Gasteiger partial charge < -0.3 is 14.2 Å². The van der Waals surface area contributed by atoms with Crippen LogP contribution in [0.3, 0.4) is 0 Å². The number of ether oxygens (including phenoxy) is 3. The molecule has 2 fully saturated rings. The summed E-state index contributed by atoms with van der Waals surface area (Å²) in [5, 5.41) is 0. The summed E-state index contributed by atoms with van der Waals surface area (Å²) in [6.45, 7) is 5.70. The van der Waals surface area contributed by atoms with E-state index >= 15 is 0 Å². The Morgan fingerprint density at radius 1 is 0.875 bits per heavy atom. The van der Waals surface area contributed by atoms with Crippen LogP contribution in [0.15, 0.2) is 42.5 Å². The fourth-order valence-corrected chi connectivity index (χ4v) is 4.59. The fourth-order valence-electron chi connectivity index (χ4n) is 4.59. The molecule has 2 aromatic rings. The van der Waals surface area contributed by atoms with Gasteiger partial charge in [-0.15, -0.1) is 0 Å². The van der Waals surface area contributed by atoms with E-state index in [9.17, 15) is 30.7 Å².